The van der Waals surface area contributed by atoms with Crippen LogP contribution in [0.25, 0.3) is 21.5 Å². The van der Waals surface area contributed by atoms with Crippen LogP contribution in [-0.4, -0.2) is 11.2 Å². The van der Waals surface area contributed by atoms with E-state index in [1.54, 1.807) is 0 Å². The summed E-state index contributed by atoms with van der Waals surface area (Å²) in [5.74, 6) is 0.926. The second kappa shape index (κ2) is 10.2. The Balaban J connectivity index is 1.38. The Morgan fingerprint density at radius 1 is 0.719 bits per heavy atom. The summed E-state index contributed by atoms with van der Waals surface area (Å²) in [5.41, 5.74) is 2.66. The maximum Gasteiger partial charge on any atom is 0.157 e. The summed E-state index contributed by atoms with van der Waals surface area (Å²) < 4.78 is 0. The van der Waals surface area contributed by atoms with Crippen molar-refractivity contribution in [2.75, 3.05) is 0 Å². The fraction of sp³-hybridized carbons (Fsp3) is 0.276. The van der Waals surface area contributed by atoms with Crippen molar-refractivity contribution in [2.24, 2.45) is 4.99 Å². The number of fused-ring (bicyclic) bond motifs is 2. The van der Waals surface area contributed by atoms with Crippen molar-refractivity contribution >= 4 is 38.5 Å². The first-order valence-corrected chi connectivity index (χ1v) is 12.7. The molecule has 1 fully saturated rings. The maximum atomic E-state index is 5.10. The number of hydrogen-bond donors (Lipinski definition) is 1. The molecule has 0 unspecified atom stereocenters. The number of rotatable bonds is 5. The molecule has 0 aromatic heterocycles. The topological polar surface area (TPSA) is 24.4 Å². The highest BCUT2D eigenvalue weighted by Crippen LogP contribution is 2.25. The molecule has 1 saturated carbocycles. The Kier molecular flexibility index (Phi) is 6.74. The van der Waals surface area contributed by atoms with Gasteiger partial charge in [0.05, 0.1) is 6.54 Å². The molecule has 0 atom stereocenters. The smallest absolute Gasteiger partial charge is 0.157 e. The summed E-state index contributed by atoms with van der Waals surface area (Å²) in [6, 6.07) is 31.0. The highest BCUT2D eigenvalue weighted by atomic mass is 32.2. The van der Waals surface area contributed by atoms with Gasteiger partial charge in [0.1, 0.15) is 0 Å². The van der Waals surface area contributed by atoms with Crippen molar-refractivity contribution in [1.29, 1.82) is 0 Å². The molecule has 0 bridgehead atoms. The first-order chi connectivity index (χ1) is 15.9. The lowest BCUT2D eigenvalue weighted by molar-refractivity contribution is 0.415. The Hall–Kier alpha value is -2.78. The molecule has 3 heteroatoms. The van der Waals surface area contributed by atoms with Crippen LogP contribution >= 0.6 is 11.8 Å². The van der Waals surface area contributed by atoms with E-state index >= 15 is 0 Å². The van der Waals surface area contributed by atoms with Gasteiger partial charge in [-0.3, -0.25) is 4.99 Å². The van der Waals surface area contributed by atoms with Crippen molar-refractivity contribution in [3.05, 3.63) is 96.1 Å². The molecule has 32 heavy (non-hydrogen) atoms. The third kappa shape index (κ3) is 4.99. The molecular formula is C29H30N2S. The van der Waals surface area contributed by atoms with Gasteiger partial charge < -0.3 is 5.32 Å². The second-order valence-corrected chi connectivity index (χ2v) is 9.63. The molecule has 0 saturated heterocycles. The van der Waals surface area contributed by atoms with Crippen LogP contribution in [-0.2, 0) is 12.3 Å². The lowest BCUT2D eigenvalue weighted by atomic mass is 9.96. The molecule has 162 valence electrons. The minimum atomic E-state index is 0.551. The van der Waals surface area contributed by atoms with E-state index in [9.17, 15) is 0 Å². The summed E-state index contributed by atoms with van der Waals surface area (Å²) in [5, 5.41) is 10.1. The van der Waals surface area contributed by atoms with Crippen molar-refractivity contribution in [3.63, 3.8) is 0 Å². The lowest BCUT2D eigenvalue weighted by Gasteiger charge is -2.24. The van der Waals surface area contributed by atoms with Gasteiger partial charge in [0.25, 0.3) is 0 Å². The summed E-state index contributed by atoms with van der Waals surface area (Å²) in [6.07, 6.45) is 6.51. The summed E-state index contributed by atoms with van der Waals surface area (Å²) in [6.45, 7) is 0.707. The average molecular weight is 439 g/mol. The van der Waals surface area contributed by atoms with E-state index < -0.39 is 0 Å². The lowest BCUT2D eigenvalue weighted by Crippen LogP contribution is -2.34. The Bertz CT molecular complexity index is 1210. The minimum Gasteiger partial charge on any atom is -0.362 e. The number of hydrogen-bond acceptors (Lipinski definition) is 2. The zero-order chi connectivity index (χ0) is 21.6. The second-order valence-electron chi connectivity index (χ2n) is 8.67. The SMILES string of the molecule is c1ccc2c(C/N=C(\NC3CCCCC3)SCc3cccc4ccccc34)cccc2c1. The zero-order valence-electron chi connectivity index (χ0n) is 18.5. The molecule has 4 aromatic rings. The average Bonchev–Trinajstić information content (AvgIpc) is 2.86. The van der Waals surface area contributed by atoms with E-state index in [2.05, 4.69) is 90.2 Å². The van der Waals surface area contributed by atoms with Crippen LogP contribution in [0.3, 0.4) is 0 Å². The van der Waals surface area contributed by atoms with Gasteiger partial charge in [-0.1, -0.05) is 116 Å². The van der Waals surface area contributed by atoms with Crippen molar-refractivity contribution in [2.45, 2.75) is 50.4 Å². The van der Waals surface area contributed by atoms with E-state index in [-0.39, 0.29) is 0 Å². The largest absolute Gasteiger partial charge is 0.362 e. The molecule has 0 radical (unpaired) electrons. The Morgan fingerprint density at radius 2 is 1.31 bits per heavy atom. The fourth-order valence-electron chi connectivity index (χ4n) is 4.71. The first kappa shape index (κ1) is 21.1. The van der Waals surface area contributed by atoms with Gasteiger partial charge in [-0.25, -0.2) is 0 Å². The summed E-state index contributed by atoms with van der Waals surface area (Å²) >= 11 is 1.85. The number of nitrogens with zero attached hydrogens (tertiary/aromatic N) is 1. The summed E-state index contributed by atoms with van der Waals surface area (Å²) in [7, 11) is 0. The van der Waals surface area contributed by atoms with E-state index in [1.807, 2.05) is 11.8 Å². The van der Waals surface area contributed by atoms with Crippen molar-refractivity contribution in [3.8, 4) is 0 Å². The molecule has 0 amide bonds. The van der Waals surface area contributed by atoms with Crippen LogP contribution in [0.4, 0.5) is 0 Å². The van der Waals surface area contributed by atoms with Gasteiger partial charge in [-0.05, 0) is 45.5 Å². The van der Waals surface area contributed by atoms with Gasteiger partial charge in [0.15, 0.2) is 5.17 Å². The molecule has 4 aromatic carbocycles. The standard InChI is InChI=1S/C29H30N2S/c1-2-16-26(17-3-1)31-29(30-20-24-14-8-12-22-10-4-6-18-27(22)24)32-21-25-15-9-13-23-11-5-7-19-28(23)25/h4-15,18-19,26H,1-3,16-17,20-21H2,(H,30,31). The zero-order valence-corrected chi connectivity index (χ0v) is 19.3. The maximum absolute atomic E-state index is 5.10. The number of benzene rings is 4. The van der Waals surface area contributed by atoms with Crippen LogP contribution in [0.5, 0.6) is 0 Å². The number of amidine groups is 1. The van der Waals surface area contributed by atoms with E-state index in [4.69, 9.17) is 4.99 Å². The third-order valence-corrected chi connectivity index (χ3v) is 7.43. The number of nitrogens with one attached hydrogen (secondary N) is 1. The van der Waals surface area contributed by atoms with Crippen LogP contribution in [0, 0.1) is 0 Å². The summed E-state index contributed by atoms with van der Waals surface area (Å²) in [4.78, 5) is 5.10. The van der Waals surface area contributed by atoms with Gasteiger partial charge in [-0.15, -0.1) is 0 Å². The van der Waals surface area contributed by atoms with Gasteiger partial charge >= 0.3 is 0 Å². The predicted octanol–water partition coefficient (Wildman–Crippen LogP) is 7.70. The van der Waals surface area contributed by atoms with Gasteiger partial charge in [-0.2, -0.15) is 0 Å². The van der Waals surface area contributed by atoms with E-state index in [0.717, 1.165) is 10.9 Å². The van der Waals surface area contributed by atoms with E-state index in [0.29, 0.717) is 12.6 Å². The fourth-order valence-corrected chi connectivity index (χ4v) is 5.66. The molecule has 0 heterocycles. The number of thioether (sulfide) groups is 1. The number of aliphatic imine (C=N–C) groups is 1. The molecule has 2 nitrogen and oxygen atoms in total. The molecular weight excluding hydrogens is 408 g/mol. The minimum absolute atomic E-state index is 0.551. The first-order valence-electron chi connectivity index (χ1n) is 11.7. The van der Waals surface area contributed by atoms with Crippen LogP contribution in [0.2, 0.25) is 0 Å². The molecule has 1 aliphatic rings. The van der Waals surface area contributed by atoms with Crippen molar-refractivity contribution < 1.29 is 0 Å². The third-order valence-electron chi connectivity index (χ3n) is 6.45. The highest BCUT2D eigenvalue weighted by Gasteiger charge is 2.15. The Morgan fingerprint density at radius 3 is 2.03 bits per heavy atom. The van der Waals surface area contributed by atoms with Gasteiger partial charge in [0.2, 0.25) is 0 Å². The normalized spacial score (nSPS) is 15.3. The van der Waals surface area contributed by atoms with Crippen LogP contribution in [0.1, 0.15) is 43.2 Å². The highest BCUT2D eigenvalue weighted by molar-refractivity contribution is 8.13. The molecule has 5 rings (SSSR count). The molecule has 0 spiro atoms. The molecule has 1 aliphatic carbocycles. The van der Waals surface area contributed by atoms with Crippen LogP contribution < -0.4 is 5.32 Å². The predicted molar refractivity (Wildman–Crippen MR) is 140 cm³/mol. The van der Waals surface area contributed by atoms with E-state index in [1.165, 1.54) is 64.8 Å². The quantitative estimate of drug-likeness (QED) is 0.255. The molecule has 1 N–H and O–H groups in total. The molecule has 0 aliphatic heterocycles. The van der Waals surface area contributed by atoms with Crippen molar-refractivity contribution in [1.82, 2.24) is 5.32 Å². The Labute approximate surface area is 195 Å². The van der Waals surface area contributed by atoms with Gasteiger partial charge in [0, 0.05) is 11.8 Å². The monoisotopic (exact) mass is 438 g/mol. The van der Waals surface area contributed by atoms with Crippen LogP contribution in [0.15, 0.2) is 89.9 Å².